The van der Waals surface area contributed by atoms with E-state index < -0.39 is 18.0 Å². The highest BCUT2D eigenvalue weighted by Crippen LogP contribution is 2.39. The second-order valence-corrected chi connectivity index (χ2v) is 7.64. The van der Waals surface area contributed by atoms with E-state index in [0.29, 0.717) is 22.9 Å². The summed E-state index contributed by atoms with van der Waals surface area (Å²) in [5, 5.41) is 5.58. The third-order valence-corrected chi connectivity index (χ3v) is 5.80. The van der Waals surface area contributed by atoms with Gasteiger partial charge in [-0.3, -0.25) is 9.59 Å². The van der Waals surface area contributed by atoms with Gasteiger partial charge < -0.3 is 24.8 Å². The molecule has 0 spiro atoms. The van der Waals surface area contributed by atoms with Crippen molar-refractivity contribution < 1.29 is 28.6 Å². The van der Waals surface area contributed by atoms with Crippen molar-refractivity contribution in [1.82, 2.24) is 10.6 Å². The largest absolute Gasteiger partial charge is 0.497 e. The number of carbonyl (C=O) groups is 3. The number of hydrogen-bond donors (Lipinski definition) is 2. The first-order valence-electron chi connectivity index (χ1n) is 10.3. The number of nitrogens with zero attached hydrogens (tertiary/aromatic N) is 1. The number of rotatable bonds is 7. The molecule has 0 aromatic heterocycles. The molecule has 0 bridgehead atoms. The molecule has 2 atom stereocenters. The average molecular weight is 439 g/mol. The Bertz CT molecular complexity index is 1050. The Labute approximate surface area is 185 Å². The summed E-state index contributed by atoms with van der Waals surface area (Å²) >= 11 is 0. The van der Waals surface area contributed by atoms with Crippen molar-refractivity contribution in [3.8, 4) is 17.2 Å². The Hall–Kier alpha value is -3.75. The maximum absolute atomic E-state index is 12.8. The number of fused-ring (bicyclic) bond motifs is 1. The summed E-state index contributed by atoms with van der Waals surface area (Å²) in [6.45, 7) is 0. The van der Waals surface area contributed by atoms with Crippen LogP contribution in [0.5, 0.6) is 17.2 Å². The van der Waals surface area contributed by atoms with Crippen LogP contribution in [0, 0.1) is 0 Å². The van der Waals surface area contributed by atoms with Gasteiger partial charge in [-0.2, -0.15) is 0 Å². The molecule has 1 heterocycles. The standard InChI is InChI=1S/C23H25N3O6/c1-30-15-7-5-14(6-8-15)26-22(28)18(25-23(26)29)12-21(27)24-17-9-4-13-10-19(31-2)20(32-3)11-16(13)17/h5-8,10-11,17-18H,4,9,12H2,1-3H3,(H,24,27)(H,25,29). The molecule has 2 N–H and O–H groups in total. The second-order valence-electron chi connectivity index (χ2n) is 7.64. The molecule has 4 amide bonds. The van der Waals surface area contributed by atoms with E-state index in [1.165, 1.54) is 7.11 Å². The van der Waals surface area contributed by atoms with Crippen molar-refractivity contribution in [1.29, 1.82) is 0 Å². The molecular formula is C23H25N3O6. The Morgan fingerprint density at radius 2 is 1.75 bits per heavy atom. The van der Waals surface area contributed by atoms with E-state index in [9.17, 15) is 14.4 Å². The number of aryl methyl sites for hydroxylation is 1. The highest BCUT2D eigenvalue weighted by molar-refractivity contribution is 6.22. The molecule has 1 aliphatic carbocycles. The Balaban J connectivity index is 1.42. The molecule has 1 aliphatic heterocycles. The monoisotopic (exact) mass is 439 g/mol. The van der Waals surface area contributed by atoms with Gasteiger partial charge in [-0.1, -0.05) is 0 Å². The van der Waals surface area contributed by atoms with Gasteiger partial charge in [-0.05, 0) is 60.4 Å². The van der Waals surface area contributed by atoms with Crippen molar-refractivity contribution in [2.75, 3.05) is 26.2 Å². The minimum absolute atomic E-state index is 0.143. The predicted molar refractivity (Wildman–Crippen MR) is 116 cm³/mol. The number of nitrogens with one attached hydrogen (secondary N) is 2. The first kappa shape index (κ1) is 21.5. The fraction of sp³-hybridized carbons (Fsp3) is 0.348. The van der Waals surface area contributed by atoms with Crippen molar-refractivity contribution in [3.63, 3.8) is 0 Å². The lowest BCUT2D eigenvalue weighted by Crippen LogP contribution is -2.37. The van der Waals surface area contributed by atoms with Gasteiger partial charge in [0, 0.05) is 0 Å². The lowest BCUT2D eigenvalue weighted by Gasteiger charge is -2.17. The molecule has 2 aromatic carbocycles. The third-order valence-electron chi connectivity index (χ3n) is 5.80. The molecule has 4 rings (SSSR count). The summed E-state index contributed by atoms with van der Waals surface area (Å²) < 4.78 is 15.8. The highest BCUT2D eigenvalue weighted by Gasteiger charge is 2.40. The van der Waals surface area contributed by atoms with Crippen LogP contribution >= 0.6 is 0 Å². The lowest BCUT2D eigenvalue weighted by atomic mass is 10.1. The SMILES string of the molecule is COc1ccc(N2C(=O)NC(CC(=O)NC3CCc4cc(OC)c(OC)cc43)C2=O)cc1. The van der Waals surface area contributed by atoms with Crippen LogP contribution < -0.4 is 29.7 Å². The number of imide groups is 1. The number of urea groups is 1. The number of benzene rings is 2. The molecule has 0 radical (unpaired) electrons. The van der Waals surface area contributed by atoms with Gasteiger partial charge in [0.2, 0.25) is 5.91 Å². The van der Waals surface area contributed by atoms with Crippen molar-refractivity contribution in [2.45, 2.75) is 31.3 Å². The first-order valence-corrected chi connectivity index (χ1v) is 10.3. The molecule has 168 valence electrons. The Kier molecular flexibility index (Phi) is 5.89. The van der Waals surface area contributed by atoms with Crippen LogP contribution in [0.1, 0.15) is 30.0 Å². The zero-order valence-electron chi connectivity index (χ0n) is 18.1. The molecule has 0 saturated carbocycles. The number of anilines is 1. The number of hydrogen-bond acceptors (Lipinski definition) is 6. The van der Waals surface area contributed by atoms with Crippen LogP contribution in [0.2, 0.25) is 0 Å². The van der Waals surface area contributed by atoms with E-state index in [-0.39, 0.29) is 18.4 Å². The summed E-state index contributed by atoms with van der Waals surface area (Å²) in [4.78, 5) is 38.9. The van der Waals surface area contributed by atoms with Crippen molar-refractivity contribution >= 4 is 23.5 Å². The van der Waals surface area contributed by atoms with Crippen molar-refractivity contribution in [2.24, 2.45) is 0 Å². The molecule has 9 nitrogen and oxygen atoms in total. The summed E-state index contributed by atoms with van der Waals surface area (Å²) in [6.07, 6.45) is 1.39. The van der Waals surface area contributed by atoms with Crippen LogP contribution in [0.3, 0.4) is 0 Å². The van der Waals surface area contributed by atoms with Crippen LogP contribution in [0.25, 0.3) is 0 Å². The zero-order chi connectivity index (χ0) is 22.8. The van der Waals surface area contributed by atoms with E-state index in [0.717, 1.165) is 28.9 Å². The van der Waals surface area contributed by atoms with Crippen LogP contribution in [-0.4, -0.2) is 45.2 Å². The van der Waals surface area contributed by atoms with E-state index in [4.69, 9.17) is 14.2 Å². The van der Waals surface area contributed by atoms with Gasteiger partial charge in [0.15, 0.2) is 11.5 Å². The molecule has 9 heteroatoms. The molecule has 2 aromatic rings. The van der Waals surface area contributed by atoms with E-state index in [1.54, 1.807) is 38.5 Å². The maximum Gasteiger partial charge on any atom is 0.329 e. The molecule has 1 fully saturated rings. The summed E-state index contributed by atoms with van der Waals surface area (Å²) in [5.74, 6) is 1.08. The molecular weight excluding hydrogens is 414 g/mol. The fourth-order valence-corrected chi connectivity index (χ4v) is 4.17. The van der Waals surface area contributed by atoms with Crippen LogP contribution in [-0.2, 0) is 16.0 Å². The van der Waals surface area contributed by atoms with E-state index in [1.807, 2.05) is 12.1 Å². The molecule has 2 unspecified atom stereocenters. The smallest absolute Gasteiger partial charge is 0.329 e. The lowest BCUT2D eigenvalue weighted by molar-refractivity contribution is -0.126. The summed E-state index contributed by atoms with van der Waals surface area (Å²) in [7, 11) is 4.68. The second kappa shape index (κ2) is 8.78. The van der Waals surface area contributed by atoms with E-state index in [2.05, 4.69) is 10.6 Å². The highest BCUT2D eigenvalue weighted by atomic mass is 16.5. The fourth-order valence-electron chi connectivity index (χ4n) is 4.17. The molecule has 2 aliphatic rings. The average Bonchev–Trinajstić information content (AvgIpc) is 3.31. The number of methoxy groups -OCH3 is 3. The van der Waals surface area contributed by atoms with Gasteiger partial charge >= 0.3 is 6.03 Å². The maximum atomic E-state index is 12.8. The molecule has 32 heavy (non-hydrogen) atoms. The summed E-state index contributed by atoms with van der Waals surface area (Å²) in [6, 6.07) is 8.70. The summed E-state index contributed by atoms with van der Waals surface area (Å²) in [5.41, 5.74) is 2.48. The Morgan fingerprint density at radius 1 is 1.06 bits per heavy atom. The Morgan fingerprint density at radius 3 is 2.41 bits per heavy atom. The molecule has 1 saturated heterocycles. The number of ether oxygens (including phenoxy) is 3. The minimum atomic E-state index is -0.920. The van der Waals surface area contributed by atoms with Gasteiger partial charge in [-0.25, -0.2) is 9.69 Å². The van der Waals surface area contributed by atoms with Crippen LogP contribution in [0.15, 0.2) is 36.4 Å². The van der Waals surface area contributed by atoms with Crippen LogP contribution in [0.4, 0.5) is 10.5 Å². The topological polar surface area (TPSA) is 106 Å². The number of amides is 4. The number of carbonyl (C=O) groups excluding carboxylic acids is 3. The van der Waals surface area contributed by atoms with Gasteiger partial charge in [0.25, 0.3) is 5.91 Å². The van der Waals surface area contributed by atoms with E-state index >= 15 is 0 Å². The van der Waals surface area contributed by atoms with Gasteiger partial charge in [-0.15, -0.1) is 0 Å². The zero-order valence-corrected chi connectivity index (χ0v) is 18.1. The normalized spacial score (nSPS) is 19.4. The third kappa shape index (κ3) is 3.93. The first-order chi connectivity index (χ1) is 15.4. The minimum Gasteiger partial charge on any atom is -0.497 e. The predicted octanol–water partition coefficient (Wildman–Crippen LogP) is 2.33. The van der Waals surface area contributed by atoms with Gasteiger partial charge in [0.05, 0.1) is 39.5 Å². The quantitative estimate of drug-likeness (QED) is 0.642. The van der Waals surface area contributed by atoms with Gasteiger partial charge in [0.1, 0.15) is 11.8 Å². The van der Waals surface area contributed by atoms with Crippen molar-refractivity contribution in [3.05, 3.63) is 47.5 Å².